The van der Waals surface area contributed by atoms with E-state index in [0.29, 0.717) is 31.0 Å². The fraction of sp³-hybridized carbons (Fsp3) is 0.316. The molecule has 1 atom stereocenters. The van der Waals surface area contributed by atoms with Crippen molar-refractivity contribution in [2.75, 3.05) is 13.1 Å². The number of nitrogens with zero attached hydrogens (tertiary/aromatic N) is 1. The van der Waals surface area contributed by atoms with Crippen molar-refractivity contribution in [3.8, 4) is 0 Å². The molecule has 28 heavy (non-hydrogen) atoms. The van der Waals surface area contributed by atoms with E-state index in [1.54, 1.807) is 6.07 Å². The highest BCUT2D eigenvalue weighted by Crippen LogP contribution is 2.30. The van der Waals surface area contributed by atoms with Crippen LogP contribution in [0.2, 0.25) is 15.1 Å². The molecule has 2 aromatic carbocycles. The molecule has 1 fully saturated rings. The summed E-state index contributed by atoms with van der Waals surface area (Å²) >= 11 is 18.1. The van der Waals surface area contributed by atoms with Gasteiger partial charge in [-0.05, 0) is 42.7 Å². The Hall–Kier alpha value is -1.31. The molecular formula is C19H19Cl3N2O3S. The van der Waals surface area contributed by atoms with Gasteiger partial charge in [0.05, 0.1) is 10.9 Å². The van der Waals surface area contributed by atoms with Crippen LogP contribution in [-0.2, 0) is 21.4 Å². The van der Waals surface area contributed by atoms with Gasteiger partial charge < -0.3 is 5.32 Å². The van der Waals surface area contributed by atoms with Crippen LogP contribution in [0, 0.1) is 5.92 Å². The maximum atomic E-state index is 13.0. The van der Waals surface area contributed by atoms with Gasteiger partial charge in [0.1, 0.15) is 4.90 Å². The molecule has 0 unspecified atom stereocenters. The lowest BCUT2D eigenvalue weighted by molar-refractivity contribution is -0.126. The highest BCUT2D eigenvalue weighted by molar-refractivity contribution is 7.89. The number of carbonyl (C=O) groups is 1. The van der Waals surface area contributed by atoms with Gasteiger partial charge in [0.15, 0.2) is 0 Å². The summed E-state index contributed by atoms with van der Waals surface area (Å²) in [5, 5.41) is 3.82. The zero-order valence-electron chi connectivity index (χ0n) is 14.9. The number of benzene rings is 2. The first kappa shape index (κ1) is 21.4. The number of rotatable bonds is 5. The molecular weight excluding hydrogens is 443 g/mol. The van der Waals surface area contributed by atoms with Crippen molar-refractivity contribution < 1.29 is 13.2 Å². The molecule has 3 rings (SSSR count). The van der Waals surface area contributed by atoms with Gasteiger partial charge in [0.25, 0.3) is 0 Å². The van der Waals surface area contributed by atoms with Crippen LogP contribution in [-0.4, -0.2) is 31.7 Å². The predicted molar refractivity (Wildman–Crippen MR) is 111 cm³/mol. The van der Waals surface area contributed by atoms with Crippen LogP contribution in [0.4, 0.5) is 0 Å². The highest BCUT2D eigenvalue weighted by Gasteiger charge is 2.34. The molecule has 0 spiro atoms. The van der Waals surface area contributed by atoms with E-state index in [4.69, 9.17) is 34.8 Å². The van der Waals surface area contributed by atoms with Crippen LogP contribution in [0.3, 0.4) is 0 Å². The van der Waals surface area contributed by atoms with Gasteiger partial charge in [-0.15, -0.1) is 0 Å². The monoisotopic (exact) mass is 460 g/mol. The van der Waals surface area contributed by atoms with Crippen molar-refractivity contribution in [2.24, 2.45) is 5.92 Å². The first-order valence-corrected chi connectivity index (χ1v) is 11.3. The number of carbonyl (C=O) groups excluding carboxylic acids is 1. The summed E-state index contributed by atoms with van der Waals surface area (Å²) < 4.78 is 27.3. The molecule has 9 heteroatoms. The number of hydrogen-bond acceptors (Lipinski definition) is 3. The van der Waals surface area contributed by atoms with Crippen molar-refractivity contribution in [1.82, 2.24) is 9.62 Å². The number of nitrogens with one attached hydrogen (secondary N) is 1. The van der Waals surface area contributed by atoms with Gasteiger partial charge in [-0.25, -0.2) is 8.42 Å². The summed E-state index contributed by atoms with van der Waals surface area (Å²) in [4.78, 5) is 12.5. The zero-order valence-corrected chi connectivity index (χ0v) is 18.0. The second-order valence-corrected chi connectivity index (χ2v) is 9.74. The maximum Gasteiger partial charge on any atom is 0.244 e. The molecule has 0 saturated carbocycles. The zero-order chi connectivity index (χ0) is 20.3. The van der Waals surface area contributed by atoms with E-state index in [1.807, 2.05) is 18.2 Å². The number of hydrogen-bond donors (Lipinski definition) is 1. The lowest BCUT2D eigenvalue weighted by atomic mass is 9.99. The lowest BCUT2D eigenvalue weighted by Crippen LogP contribution is -2.45. The highest BCUT2D eigenvalue weighted by atomic mass is 35.5. The summed E-state index contributed by atoms with van der Waals surface area (Å²) in [7, 11) is -3.84. The number of halogens is 3. The van der Waals surface area contributed by atoms with Crippen molar-refractivity contribution in [2.45, 2.75) is 24.3 Å². The van der Waals surface area contributed by atoms with E-state index in [0.717, 1.165) is 5.56 Å². The maximum absolute atomic E-state index is 13.0. The van der Waals surface area contributed by atoms with Crippen molar-refractivity contribution in [3.63, 3.8) is 0 Å². The molecule has 1 aliphatic rings. The van der Waals surface area contributed by atoms with Gasteiger partial charge in [0, 0.05) is 29.7 Å². The third kappa shape index (κ3) is 4.81. The molecule has 0 aromatic heterocycles. The molecule has 0 radical (unpaired) electrons. The van der Waals surface area contributed by atoms with Crippen LogP contribution < -0.4 is 5.32 Å². The van der Waals surface area contributed by atoms with Gasteiger partial charge in [-0.3, -0.25) is 4.79 Å². The molecule has 2 aromatic rings. The summed E-state index contributed by atoms with van der Waals surface area (Å²) in [6, 6.07) is 11.6. The van der Waals surface area contributed by atoms with Gasteiger partial charge in [0.2, 0.25) is 15.9 Å². The SMILES string of the molecule is O=C(NCc1ccccc1Cl)[C@H]1CCCN(S(=O)(=O)c2cc(Cl)ccc2Cl)C1. The number of amides is 1. The van der Waals surface area contributed by atoms with Crippen LogP contribution in [0.5, 0.6) is 0 Å². The van der Waals surface area contributed by atoms with E-state index in [9.17, 15) is 13.2 Å². The number of piperidine rings is 1. The van der Waals surface area contributed by atoms with Gasteiger partial charge in [-0.1, -0.05) is 53.0 Å². The average Bonchev–Trinajstić information content (AvgIpc) is 2.69. The van der Waals surface area contributed by atoms with Crippen LogP contribution in [0.25, 0.3) is 0 Å². The Morgan fingerprint density at radius 2 is 1.86 bits per heavy atom. The molecule has 1 aliphatic heterocycles. The quantitative estimate of drug-likeness (QED) is 0.719. The average molecular weight is 462 g/mol. The Kier molecular flexibility index (Phi) is 6.89. The largest absolute Gasteiger partial charge is 0.352 e. The Morgan fingerprint density at radius 1 is 1.11 bits per heavy atom. The minimum Gasteiger partial charge on any atom is -0.352 e. The molecule has 0 bridgehead atoms. The Labute approximate surface area is 179 Å². The topological polar surface area (TPSA) is 66.5 Å². The minimum absolute atomic E-state index is 0.0428. The van der Waals surface area contributed by atoms with Crippen molar-refractivity contribution >= 4 is 50.7 Å². The van der Waals surface area contributed by atoms with E-state index < -0.39 is 15.9 Å². The third-order valence-electron chi connectivity index (χ3n) is 4.68. The summed E-state index contributed by atoms with van der Waals surface area (Å²) in [6.45, 7) is 0.723. The predicted octanol–water partition coefficient (Wildman–Crippen LogP) is 4.36. The standard InChI is InChI=1S/C19H19Cl3N2O3S/c20-15-7-8-17(22)18(10-15)28(26,27)24-9-3-5-14(12-24)19(25)23-11-13-4-1-2-6-16(13)21/h1-2,4,6-8,10,14H,3,5,9,11-12H2,(H,23,25)/t14-/m0/s1. The molecule has 1 N–H and O–H groups in total. The van der Waals surface area contributed by atoms with E-state index in [2.05, 4.69) is 5.32 Å². The summed E-state index contributed by atoms with van der Waals surface area (Å²) in [5.74, 6) is -0.638. The van der Waals surface area contributed by atoms with Crippen molar-refractivity contribution in [3.05, 3.63) is 63.1 Å². The van der Waals surface area contributed by atoms with E-state index >= 15 is 0 Å². The summed E-state index contributed by atoms with van der Waals surface area (Å²) in [6.07, 6.45) is 1.20. The first-order chi connectivity index (χ1) is 13.3. The second-order valence-electron chi connectivity index (χ2n) is 6.59. The smallest absolute Gasteiger partial charge is 0.244 e. The number of sulfonamides is 1. The van der Waals surface area contributed by atoms with E-state index in [1.165, 1.54) is 22.5 Å². The van der Waals surface area contributed by atoms with Crippen LogP contribution >= 0.6 is 34.8 Å². The fourth-order valence-corrected chi connectivity index (χ4v) is 5.62. The minimum atomic E-state index is -3.84. The van der Waals surface area contributed by atoms with Crippen LogP contribution in [0.1, 0.15) is 18.4 Å². The third-order valence-corrected chi connectivity index (χ3v) is 7.63. The van der Waals surface area contributed by atoms with Crippen molar-refractivity contribution in [1.29, 1.82) is 0 Å². The second kappa shape index (κ2) is 9.01. The Balaban J connectivity index is 1.70. The Morgan fingerprint density at radius 3 is 2.61 bits per heavy atom. The normalized spacial score (nSPS) is 18.0. The molecule has 1 amide bonds. The summed E-state index contributed by atoms with van der Waals surface area (Å²) in [5.41, 5.74) is 0.809. The first-order valence-electron chi connectivity index (χ1n) is 8.75. The van der Waals surface area contributed by atoms with Gasteiger partial charge in [-0.2, -0.15) is 4.31 Å². The molecule has 0 aliphatic carbocycles. The molecule has 150 valence electrons. The van der Waals surface area contributed by atoms with Gasteiger partial charge >= 0.3 is 0 Å². The Bertz CT molecular complexity index is 982. The molecule has 1 heterocycles. The molecule has 1 saturated heterocycles. The lowest BCUT2D eigenvalue weighted by Gasteiger charge is -2.31. The molecule has 5 nitrogen and oxygen atoms in total. The fourth-order valence-electron chi connectivity index (χ4n) is 3.16. The van der Waals surface area contributed by atoms with Crippen LogP contribution in [0.15, 0.2) is 47.4 Å². The van der Waals surface area contributed by atoms with E-state index in [-0.39, 0.29) is 27.4 Å².